The number of nitrogens with zero attached hydrogens (tertiary/aromatic N) is 2. The second-order valence-electron chi connectivity index (χ2n) is 7.50. The van der Waals surface area contributed by atoms with Crippen molar-refractivity contribution in [2.24, 2.45) is 5.92 Å². The highest BCUT2D eigenvalue weighted by Crippen LogP contribution is 2.34. The van der Waals surface area contributed by atoms with Gasteiger partial charge in [-0.3, -0.25) is 9.59 Å². The fourth-order valence-corrected chi connectivity index (χ4v) is 4.33. The Morgan fingerprint density at radius 1 is 0.929 bits per heavy atom. The predicted molar refractivity (Wildman–Crippen MR) is 104 cm³/mol. The molecule has 0 aliphatic carbocycles. The van der Waals surface area contributed by atoms with Crippen LogP contribution in [0.15, 0.2) is 42.5 Å². The lowest BCUT2D eigenvalue weighted by Gasteiger charge is -2.33. The van der Waals surface area contributed by atoms with Gasteiger partial charge in [0, 0.05) is 36.8 Å². The number of likely N-dealkylation sites (tertiary alicyclic amines) is 1. The first kappa shape index (κ1) is 17.1. The first-order chi connectivity index (χ1) is 13.7. The number of hydrogen-bond donors (Lipinski definition) is 0. The molecule has 3 aliphatic heterocycles. The third-order valence-electron chi connectivity index (χ3n) is 5.90. The first-order valence-electron chi connectivity index (χ1n) is 9.79. The molecular formula is C22H22N2O4. The van der Waals surface area contributed by atoms with Gasteiger partial charge >= 0.3 is 0 Å². The molecule has 0 saturated carbocycles. The molecule has 6 heteroatoms. The van der Waals surface area contributed by atoms with Crippen molar-refractivity contribution in [1.29, 1.82) is 0 Å². The predicted octanol–water partition coefficient (Wildman–Crippen LogP) is 2.86. The van der Waals surface area contributed by atoms with E-state index in [4.69, 9.17) is 9.47 Å². The van der Waals surface area contributed by atoms with E-state index in [1.165, 1.54) is 5.56 Å². The topological polar surface area (TPSA) is 59.1 Å². The maximum atomic E-state index is 13.0. The number of carbonyl (C=O) groups is 2. The molecule has 0 atom stereocenters. The molecule has 6 nitrogen and oxygen atoms in total. The quantitative estimate of drug-likeness (QED) is 0.806. The second kappa shape index (κ2) is 6.86. The van der Waals surface area contributed by atoms with Crippen molar-refractivity contribution in [2.45, 2.75) is 19.3 Å². The SMILES string of the molecule is O=C(c1ccc2c(c1)OCO2)N1CCC(C(=O)N2CCc3ccccc32)CC1. The Hall–Kier alpha value is -3.02. The molecule has 2 aromatic rings. The van der Waals surface area contributed by atoms with Crippen LogP contribution >= 0.6 is 0 Å². The van der Waals surface area contributed by atoms with Crippen LogP contribution in [0.3, 0.4) is 0 Å². The van der Waals surface area contributed by atoms with Crippen molar-refractivity contribution < 1.29 is 19.1 Å². The van der Waals surface area contributed by atoms with Crippen LogP contribution in [-0.4, -0.2) is 43.1 Å². The van der Waals surface area contributed by atoms with Crippen LogP contribution in [0.2, 0.25) is 0 Å². The lowest BCUT2D eigenvalue weighted by molar-refractivity contribution is -0.123. The van der Waals surface area contributed by atoms with E-state index >= 15 is 0 Å². The summed E-state index contributed by atoms with van der Waals surface area (Å²) in [7, 11) is 0. The van der Waals surface area contributed by atoms with Crippen LogP contribution in [0.1, 0.15) is 28.8 Å². The summed E-state index contributed by atoms with van der Waals surface area (Å²) in [5, 5.41) is 0. The number of fused-ring (bicyclic) bond motifs is 2. The molecule has 2 aromatic carbocycles. The minimum Gasteiger partial charge on any atom is -0.454 e. The van der Waals surface area contributed by atoms with Crippen LogP contribution in [0.5, 0.6) is 11.5 Å². The first-order valence-corrected chi connectivity index (χ1v) is 9.79. The summed E-state index contributed by atoms with van der Waals surface area (Å²) in [6.45, 7) is 2.15. The van der Waals surface area contributed by atoms with E-state index < -0.39 is 0 Å². The largest absolute Gasteiger partial charge is 0.454 e. The zero-order chi connectivity index (χ0) is 19.1. The maximum absolute atomic E-state index is 13.0. The van der Waals surface area contributed by atoms with Gasteiger partial charge in [0.05, 0.1) is 0 Å². The van der Waals surface area contributed by atoms with E-state index in [1.807, 2.05) is 28.0 Å². The number of anilines is 1. The zero-order valence-corrected chi connectivity index (χ0v) is 15.6. The van der Waals surface area contributed by atoms with Gasteiger partial charge in [-0.05, 0) is 49.1 Å². The standard InChI is InChI=1S/C22H22N2O4/c25-21(17-5-6-19-20(13-17)28-14-27-19)23-10-7-16(8-11-23)22(26)24-12-9-15-3-1-2-4-18(15)24/h1-6,13,16H,7-12,14H2. The van der Waals surface area contributed by atoms with Crippen LogP contribution in [-0.2, 0) is 11.2 Å². The Bertz CT molecular complexity index is 934. The Balaban J connectivity index is 1.23. The number of para-hydroxylation sites is 1. The van der Waals surface area contributed by atoms with Crippen molar-refractivity contribution in [3.05, 3.63) is 53.6 Å². The monoisotopic (exact) mass is 378 g/mol. The highest BCUT2D eigenvalue weighted by Gasteiger charge is 2.33. The molecule has 2 amide bonds. The molecule has 0 aromatic heterocycles. The van der Waals surface area contributed by atoms with Gasteiger partial charge in [-0.1, -0.05) is 18.2 Å². The summed E-state index contributed by atoms with van der Waals surface area (Å²) in [6.07, 6.45) is 2.32. The molecule has 1 fully saturated rings. The molecule has 0 spiro atoms. The fraction of sp³-hybridized carbons (Fsp3) is 0.364. The van der Waals surface area contributed by atoms with Gasteiger partial charge in [0.1, 0.15) is 0 Å². The van der Waals surface area contributed by atoms with E-state index in [1.54, 1.807) is 18.2 Å². The van der Waals surface area contributed by atoms with Crippen LogP contribution in [0.25, 0.3) is 0 Å². The summed E-state index contributed by atoms with van der Waals surface area (Å²) >= 11 is 0. The molecule has 3 heterocycles. The van der Waals surface area contributed by atoms with E-state index in [0.29, 0.717) is 43.0 Å². The maximum Gasteiger partial charge on any atom is 0.253 e. The van der Waals surface area contributed by atoms with Gasteiger partial charge in [-0.2, -0.15) is 0 Å². The summed E-state index contributed by atoms with van der Waals surface area (Å²) < 4.78 is 10.7. The second-order valence-corrected chi connectivity index (χ2v) is 7.50. The Morgan fingerprint density at radius 3 is 2.57 bits per heavy atom. The molecule has 28 heavy (non-hydrogen) atoms. The average Bonchev–Trinajstić information content (AvgIpc) is 3.39. The molecule has 0 unspecified atom stereocenters. The van der Waals surface area contributed by atoms with Gasteiger partial charge in [-0.15, -0.1) is 0 Å². The number of amides is 2. The molecular weight excluding hydrogens is 356 g/mol. The smallest absolute Gasteiger partial charge is 0.253 e. The van der Waals surface area contributed by atoms with E-state index in [-0.39, 0.29) is 24.5 Å². The van der Waals surface area contributed by atoms with Gasteiger partial charge in [0.15, 0.2) is 11.5 Å². The minimum absolute atomic E-state index is 0.0179. The van der Waals surface area contributed by atoms with Gasteiger partial charge in [-0.25, -0.2) is 0 Å². The normalized spacial score (nSPS) is 18.3. The van der Waals surface area contributed by atoms with Crippen LogP contribution < -0.4 is 14.4 Å². The summed E-state index contributed by atoms with van der Waals surface area (Å²) in [6, 6.07) is 13.4. The molecule has 0 bridgehead atoms. The van der Waals surface area contributed by atoms with E-state index in [2.05, 4.69) is 6.07 Å². The molecule has 3 aliphatic rings. The third kappa shape index (κ3) is 2.89. The van der Waals surface area contributed by atoms with Crippen molar-refractivity contribution in [2.75, 3.05) is 31.3 Å². The Kier molecular flexibility index (Phi) is 4.19. The van der Waals surface area contributed by atoms with Crippen molar-refractivity contribution in [3.63, 3.8) is 0 Å². The zero-order valence-electron chi connectivity index (χ0n) is 15.6. The highest BCUT2D eigenvalue weighted by molar-refractivity contribution is 5.98. The molecule has 5 rings (SSSR count). The van der Waals surface area contributed by atoms with Crippen molar-refractivity contribution in [1.82, 2.24) is 4.90 Å². The Labute approximate surface area is 163 Å². The number of ether oxygens (including phenoxy) is 2. The number of rotatable bonds is 2. The number of hydrogen-bond acceptors (Lipinski definition) is 4. The Morgan fingerprint density at radius 2 is 1.71 bits per heavy atom. The number of benzene rings is 2. The summed E-state index contributed by atoms with van der Waals surface area (Å²) in [5.41, 5.74) is 2.89. The third-order valence-corrected chi connectivity index (χ3v) is 5.90. The van der Waals surface area contributed by atoms with Crippen molar-refractivity contribution in [3.8, 4) is 11.5 Å². The lowest BCUT2D eigenvalue weighted by atomic mass is 9.94. The summed E-state index contributed by atoms with van der Waals surface area (Å²) in [5.74, 6) is 1.44. The average molecular weight is 378 g/mol. The molecule has 0 N–H and O–H groups in total. The van der Waals surface area contributed by atoms with Gasteiger partial charge in [0.25, 0.3) is 5.91 Å². The van der Waals surface area contributed by atoms with Gasteiger partial charge < -0.3 is 19.3 Å². The lowest BCUT2D eigenvalue weighted by Crippen LogP contribution is -2.44. The van der Waals surface area contributed by atoms with Crippen LogP contribution in [0, 0.1) is 5.92 Å². The number of piperidine rings is 1. The van der Waals surface area contributed by atoms with Crippen molar-refractivity contribution >= 4 is 17.5 Å². The summed E-state index contributed by atoms with van der Waals surface area (Å²) in [4.78, 5) is 29.6. The molecule has 0 radical (unpaired) electrons. The fourth-order valence-electron chi connectivity index (χ4n) is 4.33. The molecule has 1 saturated heterocycles. The molecule has 144 valence electrons. The van der Waals surface area contributed by atoms with Crippen LogP contribution in [0.4, 0.5) is 5.69 Å². The van der Waals surface area contributed by atoms with Gasteiger partial charge in [0.2, 0.25) is 12.7 Å². The number of carbonyl (C=O) groups excluding carboxylic acids is 2. The van der Waals surface area contributed by atoms with E-state index in [9.17, 15) is 9.59 Å². The van der Waals surface area contributed by atoms with E-state index in [0.717, 1.165) is 18.7 Å². The minimum atomic E-state index is -0.0213. The highest BCUT2D eigenvalue weighted by atomic mass is 16.7.